The van der Waals surface area contributed by atoms with Gasteiger partial charge in [-0.05, 0) is 6.92 Å². The zero-order valence-corrected chi connectivity index (χ0v) is 8.62. The van der Waals surface area contributed by atoms with Crippen LogP contribution >= 0.6 is 0 Å². The van der Waals surface area contributed by atoms with E-state index in [2.05, 4.69) is 15.3 Å². The number of aromatic nitrogens is 2. The molecule has 16 heavy (non-hydrogen) atoms. The maximum Gasteiger partial charge on any atom is 0.271 e. The quantitative estimate of drug-likeness (QED) is 0.497. The lowest BCUT2D eigenvalue weighted by molar-refractivity contribution is -0.00283. The molecule has 0 aromatic carbocycles. The summed E-state index contributed by atoms with van der Waals surface area (Å²) in [6.45, 7) is 1.62. The number of carbonyl (C=O) groups excluding carboxylic acids is 1. The van der Waals surface area contributed by atoms with E-state index in [1.165, 1.54) is 12.5 Å². The number of nitrogens with one attached hydrogen (secondary N) is 2. The zero-order chi connectivity index (χ0) is 11.7. The SMILES string of the molecule is C[C@H]1OC(NC(=O)c2cnc[nH]2)[C@H](O)[C@@H]1O. The summed E-state index contributed by atoms with van der Waals surface area (Å²) >= 11 is 0. The minimum atomic E-state index is -1.12. The fourth-order valence-corrected chi connectivity index (χ4v) is 1.56. The Kier molecular flexibility index (Phi) is 2.90. The molecule has 1 aromatic heterocycles. The molecular weight excluding hydrogens is 214 g/mol. The Morgan fingerprint density at radius 3 is 2.81 bits per heavy atom. The van der Waals surface area contributed by atoms with Crippen LogP contribution in [0, 0.1) is 0 Å². The molecule has 1 aromatic rings. The average Bonchev–Trinajstić information content (AvgIpc) is 2.85. The molecule has 7 heteroatoms. The van der Waals surface area contributed by atoms with Crippen molar-refractivity contribution in [2.24, 2.45) is 0 Å². The number of hydrogen-bond acceptors (Lipinski definition) is 5. The van der Waals surface area contributed by atoms with Gasteiger partial charge in [-0.3, -0.25) is 4.79 Å². The van der Waals surface area contributed by atoms with Crippen molar-refractivity contribution in [1.82, 2.24) is 15.3 Å². The van der Waals surface area contributed by atoms with Crippen LogP contribution in [-0.2, 0) is 4.74 Å². The van der Waals surface area contributed by atoms with Gasteiger partial charge in [0.2, 0.25) is 0 Å². The molecule has 2 rings (SSSR count). The average molecular weight is 227 g/mol. The zero-order valence-electron chi connectivity index (χ0n) is 8.62. The Morgan fingerprint density at radius 1 is 1.56 bits per heavy atom. The first-order valence-electron chi connectivity index (χ1n) is 4.90. The molecule has 0 radical (unpaired) electrons. The number of aliphatic hydroxyl groups excluding tert-OH is 2. The lowest BCUT2D eigenvalue weighted by Gasteiger charge is -2.15. The van der Waals surface area contributed by atoms with Crippen LogP contribution in [0.5, 0.6) is 0 Å². The van der Waals surface area contributed by atoms with Gasteiger partial charge in [-0.25, -0.2) is 4.98 Å². The van der Waals surface area contributed by atoms with Gasteiger partial charge in [0.25, 0.3) is 5.91 Å². The molecule has 0 saturated carbocycles. The number of hydrogen-bond donors (Lipinski definition) is 4. The molecule has 1 aliphatic heterocycles. The Labute approximate surface area is 91.5 Å². The number of H-pyrrole nitrogens is 1. The third-order valence-corrected chi connectivity index (χ3v) is 2.52. The van der Waals surface area contributed by atoms with Crippen LogP contribution in [0.4, 0.5) is 0 Å². The number of aliphatic hydroxyl groups is 2. The maximum absolute atomic E-state index is 11.6. The highest BCUT2D eigenvalue weighted by molar-refractivity contribution is 5.92. The normalized spacial score (nSPS) is 33.9. The minimum Gasteiger partial charge on any atom is -0.388 e. The van der Waals surface area contributed by atoms with E-state index in [9.17, 15) is 15.0 Å². The first-order chi connectivity index (χ1) is 7.59. The lowest BCUT2D eigenvalue weighted by atomic mass is 10.1. The number of ether oxygens (including phenoxy) is 1. The van der Waals surface area contributed by atoms with Gasteiger partial charge in [0.15, 0.2) is 6.23 Å². The Balaban J connectivity index is 1.98. The number of amides is 1. The smallest absolute Gasteiger partial charge is 0.271 e. The van der Waals surface area contributed by atoms with Crippen LogP contribution in [0.25, 0.3) is 0 Å². The highest BCUT2D eigenvalue weighted by atomic mass is 16.6. The van der Waals surface area contributed by atoms with Gasteiger partial charge in [-0.1, -0.05) is 0 Å². The molecular formula is C9H13N3O4. The van der Waals surface area contributed by atoms with Gasteiger partial charge >= 0.3 is 0 Å². The molecule has 1 unspecified atom stereocenters. The summed E-state index contributed by atoms with van der Waals surface area (Å²) < 4.78 is 5.19. The van der Waals surface area contributed by atoms with Crippen LogP contribution in [-0.4, -0.2) is 50.6 Å². The van der Waals surface area contributed by atoms with Crippen LogP contribution < -0.4 is 5.32 Å². The first-order valence-corrected chi connectivity index (χ1v) is 4.90. The van der Waals surface area contributed by atoms with E-state index < -0.39 is 30.4 Å². The third kappa shape index (κ3) is 1.92. The van der Waals surface area contributed by atoms with E-state index in [0.717, 1.165) is 0 Å². The third-order valence-electron chi connectivity index (χ3n) is 2.52. The summed E-state index contributed by atoms with van der Waals surface area (Å²) in [5, 5.41) is 21.4. The highest BCUT2D eigenvalue weighted by Crippen LogP contribution is 2.19. The van der Waals surface area contributed by atoms with E-state index in [1.54, 1.807) is 6.92 Å². The van der Waals surface area contributed by atoms with Gasteiger partial charge in [0.05, 0.1) is 18.6 Å². The fraction of sp³-hybridized carbons (Fsp3) is 0.556. The van der Waals surface area contributed by atoms with Crippen LogP contribution in [0.1, 0.15) is 17.4 Å². The van der Waals surface area contributed by atoms with Crippen molar-refractivity contribution in [1.29, 1.82) is 0 Å². The molecule has 0 aliphatic carbocycles. The van der Waals surface area contributed by atoms with Gasteiger partial charge in [-0.15, -0.1) is 0 Å². The van der Waals surface area contributed by atoms with E-state index in [-0.39, 0.29) is 5.69 Å². The second-order valence-electron chi connectivity index (χ2n) is 3.68. The molecule has 7 nitrogen and oxygen atoms in total. The molecule has 1 amide bonds. The summed E-state index contributed by atoms with van der Waals surface area (Å²) in [6, 6.07) is 0. The molecule has 4 N–H and O–H groups in total. The molecule has 1 fully saturated rings. The lowest BCUT2D eigenvalue weighted by Crippen LogP contribution is -2.43. The van der Waals surface area contributed by atoms with E-state index in [4.69, 9.17) is 4.74 Å². The Hall–Kier alpha value is -1.44. The monoisotopic (exact) mass is 227 g/mol. The van der Waals surface area contributed by atoms with Gasteiger partial charge < -0.3 is 25.3 Å². The summed E-state index contributed by atoms with van der Waals surface area (Å²) in [4.78, 5) is 17.9. The van der Waals surface area contributed by atoms with Crippen LogP contribution in [0.3, 0.4) is 0 Å². The number of aromatic amines is 1. The molecule has 1 aliphatic rings. The second kappa shape index (κ2) is 4.20. The summed E-state index contributed by atoms with van der Waals surface area (Å²) in [7, 11) is 0. The molecule has 88 valence electrons. The summed E-state index contributed by atoms with van der Waals surface area (Å²) in [6.07, 6.45) is -0.800. The van der Waals surface area contributed by atoms with Crippen molar-refractivity contribution >= 4 is 5.91 Å². The predicted octanol–water partition coefficient (Wildman–Crippen LogP) is -1.39. The van der Waals surface area contributed by atoms with Gasteiger partial charge in [0.1, 0.15) is 17.9 Å². The standard InChI is InChI=1S/C9H13N3O4/c1-4-6(13)7(14)9(16-4)12-8(15)5-2-10-3-11-5/h2-4,6-7,9,13-14H,1H3,(H,10,11)(H,12,15)/t4-,6-,7-,9?/m1/s1. The fourth-order valence-electron chi connectivity index (χ4n) is 1.56. The predicted molar refractivity (Wildman–Crippen MR) is 52.4 cm³/mol. The minimum absolute atomic E-state index is 0.268. The number of imidazole rings is 1. The summed E-state index contributed by atoms with van der Waals surface area (Å²) in [5.41, 5.74) is 0.268. The number of rotatable bonds is 2. The van der Waals surface area contributed by atoms with E-state index >= 15 is 0 Å². The van der Waals surface area contributed by atoms with Crippen LogP contribution in [0.15, 0.2) is 12.5 Å². The van der Waals surface area contributed by atoms with E-state index in [0.29, 0.717) is 0 Å². The van der Waals surface area contributed by atoms with Crippen molar-refractivity contribution in [3.8, 4) is 0 Å². The number of nitrogens with zero attached hydrogens (tertiary/aromatic N) is 1. The summed E-state index contributed by atoms with van der Waals surface area (Å²) in [5.74, 6) is -0.442. The van der Waals surface area contributed by atoms with Gasteiger partial charge in [-0.2, -0.15) is 0 Å². The Bertz CT molecular complexity index is 367. The first kappa shape index (κ1) is 11.1. The highest BCUT2D eigenvalue weighted by Gasteiger charge is 2.41. The van der Waals surface area contributed by atoms with Gasteiger partial charge in [0, 0.05) is 0 Å². The Morgan fingerprint density at radius 2 is 2.31 bits per heavy atom. The molecule has 2 heterocycles. The van der Waals surface area contributed by atoms with Crippen molar-refractivity contribution in [3.63, 3.8) is 0 Å². The molecule has 0 spiro atoms. The van der Waals surface area contributed by atoms with Crippen molar-refractivity contribution in [2.75, 3.05) is 0 Å². The largest absolute Gasteiger partial charge is 0.388 e. The van der Waals surface area contributed by atoms with Crippen molar-refractivity contribution < 1.29 is 19.7 Å². The second-order valence-corrected chi connectivity index (χ2v) is 3.68. The molecule has 0 bridgehead atoms. The van der Waals surface area contributed by atoms with E-state index in [1.807, 2.05) is 0 Å². The molecule has 4 atom stereocenters. The number of carbonyl (C=O) groups is 1. The van der Waals surface area contributed by atoms with Crippen molar-refractivity contribution in [3.05, 3.63) is 18.2 Å². The van der Waals surface area contributed by atoms with Crippen molar-refractivity contribution in [2.45, 2.75) is 31.5 Å². The molecule has 1 saturated heterocycles. The maximum atomic E-state index is 11.6. The topological polar surface area (TPSA) is 107 Å². The van der Waals surface area contributed by atoms with Crippen LogP contribution in [0.2, 0.25) is 0 Å².